The van der Waals surface area contributed by atoms with Gasteiger partial charge in [0.2, 0.25) is 0 Å². The molecule has 0 bridgehead atoms. The summed E-state index contributed by atoms with van der Waals surface area (Å²) in [6, 6.07) is 3.56. The Morgan fingerprint density at radius 2 is 2.33 bits per heavy atom. The zero-order chi connectivity index (χ0) is 14.8. The molecule has 0 aliphatic rings. The number of aryl methyl sites for hydroxylation is 1. The molecule has 0 atom stereocenters. The largest absolute Gasteiger partial charge is 0.459 e. The number of furan rings is 1. The summed E-state index contributed by atoms with van der Waals surface area (Å²) in [5, 5.41) is 3.56. The van der Waals surface area contributed by atoms with Crippen LogP contribution in [0.1, 0.15) is 15.4 Å². The number of amides is 1. The van der Waals surface area contributed by atoms with Crippen LogP contribution in [0.5, 0.6) is 0 Å². The van der Waals surface area contributed by atoms with Crippen LogP contribution in [0.2, 0.25) is 0 Å². The third kappa shape index (κ3) is 2.59. The molecule has 0 aliphatic carbocycles. The van der Waals surface area contributed by atoms with Crippen molar-refractivity contribution in [2.45, 2.75) is 13.5 Å². The molecule has 21 heavy (non-hydrogen) atoms. The first-order chi connectivity index (χ1) is 10.2. The van der Waals surface area contributed by atoms with Crippen molar-refractivity contribution in [3.05, 3.63) is 51.0 Å². The summed E-state index contributed by atoms with van der Waals surface area (Å²) in [5.74, 6) is -0.165. The molecule has 0 saturated heterocycles. The van der Waals surface area contributed by atoms with E-state index in [9.17, 15) is 9.59 Å². The lowest BCUT2D eigenvalue weighted by atomic mass is 10.3. The van der Waals surface area contributed by atoms with Crippen molar-refractivity contribution in [3.8, 4) is 0 Å². The summed E-state index contributed by atoms with van der Waals surface area (Å²) in [7, 11) is 0. The smallest absolute Gasteiger partial charge is 0.294 e. The van der Waals surface area contributed by atoms with E-state index in [2.05, 4.69) is 10.3 Å². The number of pyridine rings is 1. The van der Waals surface area contributed by atoms with Gasteiger partial charge in [-0.15, -0.1) is 11.3 Å². The molecule has 0 aromatic carbocycles. The van der Waals surface area contributed by atoms with E-state index in [1.165, 1.54) is 22.2 Å². The summed E-state index contributed by atoms with van der Waals surface area (Å²) < 4.78 is 6.68. The Morgan fingerprint density at radius 1 is 1.48 bits per heavy atom. The highest BCUT2D eigenvalue weighted by Gasteiger charge is 2.11. The van der Waals surface area contributed by atoms with Gasteiger partial charge in [-0.2, -0.15) is 0 Å². The third-order valence-electron chi connectivity index (χ3n) is 3.17. The van der Waals surface area contributed by atoms with Crippen LogP contribution < -0.4 is 10.9 Å². The number of hydrogen-bond donors (Lipinski definition) is 1. The van der Waals surface area contributed by atoms with Crippen LogP contribution in [-0.2, 0) is 6.54 Å². The number of carbonyl (C=O) groups is 1. The Kier molecular flexibility index (Phi) is 3.57. The Hall–Kier alpha value is -2.41. The van der Waals surface area contributed by atoms with E-state index in [4.69, 9.17) is 4.42 Å². The minimum absolute atomic E-state index is 0.165. The number of nitrogens with one attached hydrogen (secondary N) is 1. The molecule has 3 heterocycles. The zero-order valence-electron chi connectivity index (χ0n) is 11.3. The van der Waals surface area contributed by atoms with Crippen molar-refractivity contribution in [3.63, 3.8) is 0 Å². The van der Waals surface area contributed by atoms with Gasteiger partial charge in [0, 0.05) is 24.7 Å². The lowest BCUT2D eigenvalue weighted by Crippen LogP contribution is -2.30. The first-order valence-electron chi connectivity index (χ1n) is 6.42. The van der Waals surface area contributed by atoms with Crippen molar-refractivity contribution in [2.24, 2.45) is 0 Å². The molecule has 0 aliphatic heterocycles. The molecule has 0 unspecified atom stereocenters. The minimum atomic E-state index is -0.194. The van der Waals surface area contributed by atoms with Crippen LogP contribution in [0.15, 0.2) is 39.3 Å². The number of fused-ring (bicyclic) bond motifs is 1. The van der Waals surface area contributed by atoms with Crippen LogP contribution >= 0.6 is 11.3 Å². The van der Waals surface area contributed by atoms with Gasteiger partial charge in [-0.3, -0.25) is 9.59 Å². The summed E-state index contributed by atoms with van der Waals surface area (Å²) in [6.45, 7) is 2.54. The fourth-order valence-corrected chi connectivity index (χ4v) is 2.78. The van der Waals surface area contributed by atoms with Gasteiger partial charge in [-0.25, -0.2) is 4.98 Å². The van der Waals surface area contributed by atoms with E-state index in [0.717, 1.165) is 5.39 Å². The van der Waals surface area contributed by atoms with Crippen LogP contribution in [0.4, 0.5) is 0 Å². The highest BCUT2D eigenvalue weighted by molar-refractivity contribution is 7.11. The number of hydrogen-bond acceptors (Lipinski definition) is 5. The fraction of sp³-hybridized carbons (Fsp3) is 0.214. The first kappa shape index (κ1) is 13.6. The maximum absolute atomic E-state index is 12.1. The molecule has 3 rings (SSSR count). The molecule has 3 aromatic rings. The minimum Gasteiger partial charge on any atom is -0.459 e. The van der Waals surface area contributed by atoms with E-state index >= 15 is 0 Å². The highest BCUT2D eigenvalue weighted by Crippen LogP contribution is 2.11. The molecular formula is C14H13N3O3S. The summed E-state index contributed by atoms with van der Waals surface area (Å²) in [6.07, 6.45) is 3.19. The van der Waals surface area contributed by atoms with Gasteiger partial charge >= 0.3 is 0 Å². The van der Waals surface area contributed by atoms with E-state index in [1.807, 2.05) is 6.07 Å². The standard InChI is InChI=1S/C14H13N3O3S/c1-9-12(21-8-16-9)13(18)15-4-6-17-5-2-10-3-7-20-11(10)14(17)19/h2-3,5,7-8H,4,6H2,1H3,(H,15,18). The van der Waals surface area contributed by atoms with E-state index in [1.54, 1.807) is 24.7 Å². The van der Waals surface area contributed by atoms with E-state index in [-0.39, 0.29) is 11.5 Å². The molecule has 0 saturated carbocycles. The summed E-state index contributed by atoms with van der Waals surface area (Å²) in [4.78, 5) is 28.7. The Labute approximate surface area is 124 Å². The second-order valence-corrected chi connectivity index (χ2v) is 5.40. The predicted molar refractivity (Wildman–Crippen MR) is 79.7 cm³/mol. The first-order valence-corrected chi connectivity index (χ1v) is 7.29. The van der Waals surface area contributed by atoms with Crippen molar-refractivity contribution in [2.75, 3.05) is 6.54 Å². The average molecular weight is 303 g/mol. The second kappa shape index (κ2) is 5.53. The molecular weight excluding hydrogens is 290 g/mol. The van der Waals surface area contributed by atoms with Crippen LogP contribution in [0.3, 0.4) is 0 Å². The fourth-order valence-electron chi connectivity index (χ4n) is 2.06. The third-order valence-corrected chi connectivity index (χ3v) is 4.10. The van der Waals surface area contributed by atoms with Gasteiger partial charge in [0.15, 0.2) is 5.58 Å². The maximum atomic E-state index is 12.1. The van der Waals surface area contributed by atoms with Crippen LogP contribution in [-0.4, -0.2) is 22.0 Å². The quantitative estimate of drug-likeness (QED) is 0.797. The zero-order valence-corrected chi connectivity index (χ0v) is 12.1. The number of aromatic nitrogens is 2. The lowest BCUT2D eigenvalue weighted by molar-refractivity contribution is 0.0955. The second-order valence-electron chi connectivity index (χ2n) is 4.54. The topological polar surface area (TPSA) is 77.1 Å². The highest BCUT2D eigenvalue weighted by atomic mass is 32.1. The number of nitrogens with zero attached hydrogens (tertiary/aromatic N) is 2. The Balaban J connectivity index is 1.67. The lowest BCUT2D eigenvalue weighted by Gasteiger charge is -2.07. The van der Waals surface area contributed by atoms with Crippen molar-refractivity contribution < 1.29 is 9.21 Å². The number of thiazole rings is 1. The monoisotopic (exact) mass is 303 g/mol. The molecule has 0 radical (unpaired) electrons. The van der Waals surface area contributed by atoms with Gasteiger partial charge < -0.3 is 14.3 Å². The van der Waals surface area contributed by atoms with Gasteiger partial charge in [0.1, 0.15) is 4.88 Å². The van der Waals surface area contributed by atoms with Crippen molar-refractivity contribution >= 4 is 28.2 Å². The van der Waals surface area contributed by atoms with E-state index < -0.39 is 0 Å². The molecule has 3 aromatic heterocycles. The van der Waals surface area contributed by atoms with Gasteiger partial charge in [0.25, 0.3) is 11.5 Å². The van der Waals surface area contributed by atoms with Gasteiger partial charge in [0.05, 0.1) is 17.5 Å². The number of carbonyl (C=O) groups excluding carboxylic acids is 1. The van der Waals surface area contributed by atoms with Crippen LogP contribution in [0, 0.1) is 6.92 Å². The molecule has 6 nitrogen and oxygen atoms in total. The predicted octanol–water partition coefficient (Wildman–Crippen LogP) is 1.79. The van der Waals surface area contributed by atoms with Crippen LogP contribution in [0.25, 0.3) is 11.0 Å². The molecule has 0 fully saturated rings. The van der Waals surface area contributed by atoms with Crippen molar-refractivity contribution in [1.82, 2.24) is 14.9 Å². The number of rotatable bonds is 4. The average Bonchev–Trinajstić information content (AvgIpc) is 3.10. The molecule has 0 spiro atoms. The van der Waals surface area contributed by atoms with Crippen molar-refractivity contribution in [1.29, 1.82) is 0 Å². The Morgan fingerprint density at radius 3 is 3.10 bits per heavy atom. The molecule has 1 amide bonds. The van der Waals surface area contributed by atoms with E-state index in [0.29, 0.717) is 29.2 Å². The summed E-state index contributed by atoms with van der Waals surface area (Å²) >= 11 is 1.30. The molecule has 1 N–H and O–H groups in total. The normalized spacial score (nSPS) is 10.9. The van der Waals surface area contributed by atoms with Gasteiger partial charge in [-0.1, -0.05) is 0 Å². The summed E-state index contributed by atoms with van der Waals surface area (Å²) in [5.41, 5.74) is 2.49. The molecule has 108 valence electrons. The van der Waals surface area contributed by atoms with Gasteiger partial charge in [-0.05, 0) is 19.1 Å². The SMILES string of the molecule is Cc1ncsc1C(=O)NCCn1ccc2ccoc2c1=O. The Bertz CT molecular complexity index is 846. The maximum Gasteiger partial charge on any atom is 0.294 e. The molecule has 7 heteroatoms.